The molecule has 1 fully saturated rings. The van der Waals surface area contributed by atoms with Crippen molar-refractivity contribution < 1.29 is 9.53 Å². The third-order valence-corrected chi connectivity index (χ3v) is 3.22. The van der Waals surface area contributed by atoms with Crippen molar-refractivity contribution >= 4 is 29.2 Å². The summed E-state index contributed by atoms with van der Waals surface area (Å²) >= 11 is 11.4. The van der Waals surface area contributed by atoms with E-state index in [-0.39, 0.29) is 11.9 Å². The van der Waals surface area contributed by atoms with Crippen LogP contribution in [-0.2, 0) is 9.53 Å². The van der Waals surface area contributed by atoms with Crippen LogP contribution < -0.4 is 0 Å². The number of ether oxygens (including phenoxy) is 1. The van der Waals surface area contributed by atoms with Crippen LogP contribution in [-0.4, -0.2) is 37.1 Å². The summed E-state index contributed by atoms with van der Waals surface area (Å²) in [7, 11) is 0. The van der Waals surface area contributed by atoms with Gasteiger partial charge in [-0.15, -0.1) is 0 Å². The summed E-state index contributed by atoms with van der Waals surface area (Å²) < 4.78 is 5.02. The second kappa shape index (κ2) is 7.15. The van der Waals surface area contributed by atoms with Crippen molar-refractivity contribution in [2.75, 3.05) is 26.2 Å². The molecule has 0 radical (unpaired) electrons. The minimum absolute atomic E-state index is 0.0199. The van der Waals surface area contributed by atoms with Gasteiger partial charge in [0.05, 0.1) is 12.5 Å². The largest absolute Gasteiger partial charge is 0.466 e. The van der Waals surface area contributed by atoms with E-state index in [4.69, 9.17) is 27.9 Å². The molecule has 5 heteroatoms. The highest BCUT2D eigenvalue weighted by Gasteiger charge is 2.26. The fourth-order valence-corrected chi connectivity index (χ4v) is 2.14. The quantitative estimate of drug-likeness (QED) is 0.732. The van der Waals surface area contributed by atoms with E-state index >= 15 is 0 Å². The van der Waals surface area contributed by atoms with Crippen molar-refractivity contribution in [2.45, 2.75) is 19.8 Å². The molecule has 0 bridgehead atoms. The second-order valence-electron chi connectivity index (χ2n) is 3.88. The van der Waals surface area contributed by atoms with Crippen LogP contribution in [0.3, 0.4) is 0 Å². The van der Waals surface area contributed by atoms with Crippen LogP contribution in [0.5, 0.6) is 0 Å². The Morgan fingerprint density at radius 2 is 2.38 bits per heavy atom. The third-order valence-electron chi connectivity index (χ3n) is 2.62. The lowest BCUT2D eigenvalue weighted by atomic mass is 9.98. The van der Waals surface area contributed by atoms with Crippen LogP contribution in [0.2, 0.25) is 0 Å². The van der Waals surface area contributed by atoms with Crippen LogP contribution in [0.15, 0.2) is 10.6 Å². The Hall–Kier alpha value is -0.250. The lowest BCUT2D eigenvalue weighted by Crippen LogP contribution is -2.39. The fraction of sp³-hybridized carbons (Fsp3) is 0.727. The first-order chi connectivity index (χ1) is 7.67. The maximum atomic E-state index is 11.6. The van der Waals surface area contributed by atoms with Crippen molar-refractivity contribution in [3.05, 3.63) is 10.6 Å². The van der Waals surface area contributed by atoms with Crippen LogP contribution in [0.4, 0.5) is 0 Å². The highest BCUT2D eigenvalue weighted by atomic mass is 35.5. The Kier molecular flexibility index (Phi) is 6.17. The van der Waals surface area contributed by atoms with Gasteiger partial charge in [0.15, 0.2) is 0 Å². The zero-order valence-electron chi connectivity index (χ0n) is 9.42. The van der Waals surface area contributed by atoms with Gasteiger partial charge in [0.2, 0.25) is 0 Å². The van der Waals surface area contributed by atoms with Gasteiger partial charge in [-0.1, -0.05) is 23.2 Å². The molecule has 1 saturated heterocycles. The van der Waals surface area contributed by atoms with Gasteiger partial charge in [0.1, 0.15) is 0 Å². The number of nitrogens with zero attached hydrogens (tertiary/aromatic N) is 1. The number of carbonyl (C=O) groups is 1. The first kappa shape index (κ1) is 13.8. The molecule has 1 aliphatic rings. The highest BCUT2D eigenvalue weighted by molar-refractivity contribution is 6.36. The maximum Gasteiger partial charge on any atom is 0.310 e. The molecule has 1 atom stereocenters. The molecule has 0 amide bonds. The predicted molar refractivity (Wildman–Crippen MR) is 65.6 cm³/mol. The van der Waals surface area contributed by atoms with E-state index in [2.05, 4.69) is 4.90 Å². The number of esters is 1. The summed E-state index contributed by atoms with van der Waals surface area (Å²) in [6, 6.07) is 0. The molecule has 3 nitrogen and oxygen atoms in total. The SMILES string of the molecule is CCOC(=O)[C@@H]1CCCN(CC(Cl)=CCl)C1. The Labute approximate surface area is 106 Å². The van der Waals surface area contributed by atoms with E-state index in [9.17, 15) is 4.79 Å². The van der Waals surface area contributed by atoms with Crippen LogP contribution >= 0.6 is 23.2 Å². The van der Waals surface area contributed by atoms with Crippen molar-refractivity contribution in [1.82, 2.24) is 4.90 Å². The summed E-state index contributed by atoms with van der Waals surface area (Å²) in [4.78, 5) is 13.7. The topological polar surface area (TPSA) is 29.5 Å². The number of hydrogen-bond acceptors (Lipinski definition) is 3. The van der Waals surface area contributed by atoms with E-state index in [0.717, 1.165) is 19.4 Å². The molecular weight excluding hydrogens is 249 g/mol. The first-order valence-corrected chi connectivity index (χ1v) is 6.32. The Bertz CT molecular complexity index is 269. The molecule has 0 aromatic rings. The van der Waals surface area contributed by atoms with Gasteiger partial charge in [0, 0.05) is 23.7 Å². The monoisotopic (exact) mass is 265 g/mol. The normalized spacial score (nSPS) is 23.2. The summed E-state index contributed by atoms with van der Waals surface area (Å²) in [6.45, 7) is 4.54. The molecule has 16 heavy (non-hydrogen) atoms. The molecule has 0 unspecified atom stereocenters. The average Bonchev–Trinajstić information content (AvgIpc) is 2.29. The van der Waals surface area contributed by atoms with E-state index in [0.29, 0.717) is 24.7 Å². The zero-order chi connectivity index (χ0) is 12.0. The molecule has 0 spiro atoms. The summed E-state index contributed by atoms with van der Waals surface area (Å²) in [6.07, 6.45) is 1.90. The molecule has 0 saturated carbocycles. The van der Waals surface area contributed by atoms with E-state index < -0.39 is 0 Å². The van der Waals surface area contributed by atoms with Gasteiger partial charge in [0.25, 0.3) is 0 Å². The van der Waals surface area contributed by atoms with Crippen LogP contribution in [0, 0.1) is 5.92 Å². The summed E-state index contributed by atoms with van der Waals surface area (Å²) in [5.74, 6) is -0.119. The van der Waals surface area contributed by atoms with Gasteiger partial charge in [-0.05, 0) is 26.3 Å². The van der Waals surface area contributed by atoms with Gasteiger partial charge in [-0.25, -0.2) is 0 Å². The van der Waals surface area contributed by atoms with Crippen molar-refractivity contribution in [2.24, 2.45) is 5.92 Å². The molecule has 1 rings (SSSR count). The molecule has 1 aliphatic heterocycles. The minimum Gasteiger partial charge on any atom is -0.466 e. The summed E-state index contributed by atoms with van der Waals surface area (Å²) in [5, 5.41) is 0.603. The van der Waals surface area contributed by atoms with Gasteiger partial charge in [-0.2, -0.15) is 0 Å². The zero-order valence-corrected chi connectivity index (χ0v) is 10.9. The average molecular weight is 266 g/mol. The first-order valence-electron chi connectivity index (χ1n) is 5.51. The molecule has 0 aromatic carbocycles. The molecule has 0 N–H and O–H groups in total. The minimum atomic E-state index is -0.0989. The Morgan fingerprint density at radius 1 is 1.62 bits per heavy atom. The lowest BCUT2D eigenvalue weighted by Gasteiger charge is -2.31. The number of hydrogen-bond donors (Lipinski definition) is 0. The van der Waals surface area contributed by atoms with Crippen LogP contribution in [0.1, 0.15) is 19.8 Å². The Morgan fingerprint density at radius 3 is 3.00 bits per heavy atom. The third kappa shape index (κ3) is 4.32. The summed E-state index contributed by atoms with van der Waals surface area (Å²) in [5.41, 5.74) is 1.37. The van der Waals surface area contributed by atoms with Crippen molar-refractivity contribution in [3.63, 3.8) is 0 Å². The maximum absolute atomic E-state index is 11.6. The Balaban J connectivity index is 2.43. The molecular formula is C11H17Cl2NO2. The number of likely N-dealkylation sites (tertiary alicyclic amines) is 1. The lowest BCUT2D eigenvalue weighted by molar-refractivity contribution is -0.149. The standard InChI is InChI=1S/C11H17Cl2NO2/c1-2-16-11(15)9-4-3-5-14(7-9)8-10(13)6-12/h6,9H,2-5,7-8H2,1H3/t9-/m1/s1. The van der Waals surface area contributed by atoms with Crippen molar-refractivity contribution in [1.29, 1.82) is 0 Å². The number of halogens is 2. The van der Waals surface area contributed by atoms with Crippen molar-refractivity contribution in [3.8, 4) is 0 Å². The number of rotatable bonds is 4. The van der Waals surface area contributed by atoms with Crippen LogP contribution in [0.25, 0.3) is 0 Å². The molecule has 1 heterocycles. The van der Waals surface area contributed by atoms with Gasteiger partial charge < -0.3 is 4.74 Å². The molecule has 0 aliphatic carbocycles. The number of piperidine rings is 1. The smallest absolute Gasteiger partial charge is 0.310 e. The predicted octanol–water partition coefficient (Wildman–Crippen LogP) is 2.58. The highest BCUT2D eigenvalue weighted by Crippen LogP contribution is 2.19. The van der Waals surface area contributed by atoms with Gasteiger partial charge >= 0.3 is 5.97 Å². The van der Waals surface area contributed by atoms with E-state index in [1.165, 1.54) is 5.54 Å². The molecule has 0 aromatic heterocycles. The molecule has 92 valence electrons. The van der Waals surface area contributed by atoms with E-state index in [1.807, 2.05) is 6.92 Å². The van der Waals surface area contributed by atoms with Gasteiger partial charge in [-0.3, -0.25) is 9.69 Å². The second-order valence-corrected chi connectivity index (χ2v) is 4.59. The van der Waals surface area contributed by atoms with E-state index in [1.54, 1.807) is 0 Å². The number of carbonyl (C=O) groups excluding carboxylic acids is 1. The fourth-order valence-electron chi connectivity index (χ4n) is 1.90.